The summed E-state index contributed by atoms with van der Waals surface area (Å²) in [6.07, 6.45) is 3.38. The predicted octanol–water partition coefficient (Wildman–Crippen LogP) is 4.48. The first-order valence-electron chi connectivity index (χ1n) is 7.71. The molecule has 0 spiro atoms. The molecule has 2 aromatic heterocycles. The summed E-state index contributed by atoms with van der Waals surface area (Å²) >= 11 is 0. The number of aromatic nitrogens is 2. The van der Waals surface area contributed by atoms with E-state index in [0.717, 1.165) is 16.6 Å². The zero-order valence-electron chi connectivity index (χ0n) is 13.7. The molecule has 131 valence electrons. The van der Waals surface area contributed by atoms with Crippen LogP contribution in [0.2, 0.25) is 0 Å². The molecule has 4 rings (SSSR count). The molecule has 0 fully saturated rings. The molecule has 0 saturated carbocycles. The Balaban J connectivity index is 0.000000180. The van der Waals surface area contributed by atoms with E-state index >= 15 is 0 Å². The van der Waals surface area contributed by atoms with Gasteiger partial charge in [0.25, 0.3) is 0 Å². The van der Waals surface area contributed by atoms with Gasteiger partial charge in [-0.3, -0.25) is 4.98 Å². The third-order valence-electron chi connectivity index (χ3n) is 3.51. The number of rotatable bonds is 2. The first-order valence-corrected chi connectivity index (χ1v) is 7.71. The molecule has 0 unspecified atom stereocenters. The van der Waals surface area contributed by atoms with Crippen LogP contribution in [0.25, 0.3) is 22.2 Å². The topological polar surface area (TPSA) is 63.1 Å². The molecule has 0 aliphatic heterocycles. The van der Waals surface area contributed by atoms with Gasteiger partial charge in [-0.05, 0) is 23.9 Å². The van der Waals surface area contributed by atoms with Crippen LogP contribution in [-0.4, -0.2) is 21.0 Å². The number of pyridine rings is 2. The molecule has 0 aliphatic carbocycles. The van der Waals surface area contributed by atoms with E-state index in [1.165, 1.54) is 0 Å². The number of carboxylic acids is 1. The van der Waals surface area contributed by atoms with Crippen molar-refractivity contribution in [3.05, 3.63) is 96.8 Å². The summed E-state index contributed by atoms with van der Waals surface area (Å²) in [5.41, 5.74) is 2.80. The molecule has 0 aliphatic rings. The van der Waals surface area contributed by atoms with Crippen LogP contribution >= 0.6 is 0 Å². The maximum Gasteiger partial charge on any atom is 0.337 e. The molecule has 4 aromatic rings. The third kappa shape index (κ3) is 4.82. The maximum atomic E-state index is 10.8. The standard InChI is InChI=1S/C11H8N.C10H7NO2.Ir/c1-2-6-10(7-3-1)11-8-4-5-9-12-11;12-10(13)8-5-1-3-7-4-2-6-11-9(7)8;/h1-6,8-9H;1-6H,(H,12,13);/q-1;;. The monoisotopic (exact) mass is 520 g/mol. The summed E-state index contributed by atoms with van der Waals surface area (Å²) in [4.78, 5) is 19.0. The van der Waals surface area contributed by atoms with Crippen LogP contribution in [0, 0.1) is 6.07 Å². The molecule has 0 atom stereocenters. The number of aromatic carboxylic acids is 1. The average molecular weight is 520 g/mol. The Morgan fingerprint density at radius 2 is 1.62 bits per heavy atom. The fourth-order valence-electron chi connectivity index (χ4n) is 2.35. The van der Waals surface area contributed by atoms with Crippen molar-refractivity contribution in [2.45, 2.75) is 0 Å². The van der Waals surface area contributed by atoms with Crippen LogP contribution in [0.15, 0.2) is 85.2 Å². The Hall–Kier alpha value is -2.88. The second-order valence-electron chi connectivity index (χ2n) is 5.18. The van der Waals surface area contributed by atoms with Crippen LogP contribution in [0.5, 0.6) is 0 Å². The maximum absolute atomic E-state index is 10.8. The normalized spacial score (nSPS) is 9.54. The van der Waals surface area contributed by atoms with Gasteiger partial charge in [0.1, 0.15) is 0 Å². The van der Waals surface area contributed by atoms with E-state index in [1.807, 2.05) is 54.6 Å². The largest absolute Gasteiger partial charge is 0.478 e. The van der Waals surface area contributed by atoms with Crippen LogP contribution < -0.4 is 0 Å². The summed E-state index contributed by atoms with van der Waals surface area (Å²) in [5.74, 6) is -0.940. The minimum atomic E-state index is -0.940. The van der Waals surface area contributed by atoms with Gasteiger partial charge in [-0.1, -0.05) is 30.3 Å². The number of nitrogens with zero attached hydrogens (tertiary/aromatic N) is 2. The number of carbonyl (C=O) groups is 1. The molecular weight excluding hydrogens is 504 g/mol. The third-order valence-corrected chi connectivity index (χ3v) is 3.51. The Labute approximate surface area is 164 Å². The average Bonchev–Trinajstić information content (AvgIpc) is 2.69. The first kappa shape index (κ1) is 19.4. The Morgan fingerprint density at radius 3 is 2.31 bits per heavy atom. The van der Waals surface area contributed by atoms with Gasteiger partial charge in [0, 0.05) is 37.9 Å². The van der Waals surface area contributed by atoms with E-state index in [1.54, 1.807) is 30.6 Å². The van der Waals surface area contributed by atoms with Crippen molar-refractivity contribution < 1.29 is 30.0 Å². The van der Waals surface area contributed by atoms with Crippen molar-refractivity contribution in [1.29, 1.82) is 0 Å². The van der Waals surface area contributed by atoms with Gasteiger partial charge < -0.3 is 10.1 Å². The number of hydrogen-bond donors (Lipinski definition) is 1. The van der Waals surface area contributed by atoms with E-state index in [9.17, 15) is 4.79 Å². The molecule has 0 bridgehead atoms. The molecular formula is C21H15IrN2O2-. The summed E-state index contributed by atoms with van der Waals surface area (Å²) in [5, 5.41) is 9.69. The van der Waals surface area contributed by atoms with Gasteiger partial charge in [0.15, 0.2) is 0 Å². The number of benzene rings is 2. The number of fused-ring (bicyclic) bond motifs is 1. The quantitative estimate of drug-likeness (QED) is 0.397. The van der Waals surface area contributed by atoms with Crippen molar-refractivity contribution in [2.24, 2.45) is 0 Å². The fraction of sp³-hybridized carbons (Fsp3) is 0. The van der Waals surface area contributed by atoms with Gasteiger partial charge in [-0.25, -0.2) is 4.79 Å². The summed E-state index contributed by atoms with van der Waals surface area (Å²) < 4.78 is 0. The Morgan fingerprint density at radius 1 is 0.846 bits per heavy atom. The smallest absolute Gasteiger partial charge is 0.337 e. The fourth-order valence-corrected chi connectivity index (χ4v) is 2.35. The van der Waals surface area contributed by atoms with Crippen LogP contribution in [0.1, 0.15) is 10.4 Å². The predicted molar refractivity (Wildman–Crippen MR) is 97.2 cm³/mol. The van der Waals surface area contributed by atoms with Crippen LogP contribution in [-0.2, 0) is 20.1 Å². The van der Waals surface area contributed by atoms with E-state index in [2.05, 4.69) is 16.0 Å². The number of hydrogen-bond acceptors (Lipinski definition) is 3. The second kappa shape index (κ2) is 9.56. The van der Waals surface area contributed by atoms with Gasteiger partial charge in [0.05, 0.1) is 11.1 Å². The molecule has 2 heterocycles. The minimum Gasteiger partial charge on any atom is -0.478 e. The summed E-state index contributed by atoms with van der Waals surface area (Å²) in [7, 11) is 0. The SMILES string of the molecule is O=C(O)c1cccc2cccnc12.[Ir].[c-]1ccccc1-c1ccccn1. The summed E-state index contributed by atoms with van der Waals surface area (Å²) in [6.45, 7) is 0. The zero-order valence-corrected chi connectivity index (χ0v) is 16.1. The van der Waals surface area contributed by atoms with E-state index in [-0.39, 0.29) is 25.7 Å². The Bertz CT molecular complexity index is 934. The van der Waals surface area contributed by atoms with Gasteiger partial charge in [-0.2, -0.15) is 0 Å². The molecule has 0 amide bonds. The van der Waals surface area contributed by atoms with Crippen LogP contribution in [0.3, 0.4) is 0 Å². The number of para-hydroxylation sites is 1. The van der Waals surface area contributed by atoms with Crippen molar-refractivity contribution >= 4 is 16.9 Å². The van der Waals surface area contributed by atoms with Gasteiger partial charge in [-0.15, -0.1) is 35.9 Å². The molecule has 4 nitrogen and oxygen atoms in total. The molecule has 1 N–H and O–H groups in total. The molecule has 1 radical (unpaired) electrons. The van der Waals surface area contributed by atoms with E-state index < -0.39 is 5.97 Å². The molecule has 0 saturated heterocycles. The second-order valence-corrected chi connectivity index (χ2v) is 5.18. The Kier molecular flexibility index (Phi) is 7.15. The molecule has 2 aromatic carbocycles. The first-order chi connectivity index (χ1) is 12.3. The number of carboxylic acid groups (broad SMARTS) is 1. The van der Waals surface area contributed by atoms with Gasteiger partial charge in [0.2, 0.25) is 0 Å². The van der Waals surface area contributed by atoms with Crippen LogP contribution in [0.4, 0.5) is 0 Å². The van der Waals surface area contributed by atoms with Gasteiger partial charge >= 0.3 is 5.97 Å². The van der Waals surface area contributed by atoms with Crippen molar-refractivity contribution in [3.63, 3.8) is 0 Å². The van der Waals surface area contributed by atoms with E-state index in [4.69, 9.17) is 5.11 Å². The van der Waals surface area contributed by atoms with Crippen molar-refractivity contribution in [2.75, 3.05) is 0 Å². The molecule has 5 heteroatoms. The van der Waals surface area contributed by atoms with E-state index in [0.29, 0.717) is 5.52 Å². The summed E-state index contributed by atoms with van der Waals surface area (Å²) in [6, 6.07) is 25.6. The van der Waals surface area contributed by atoms with Crippen molar-refractivity contribution in [1.82, 2.24) is 9.97 Å². The minimum absolute atomic E-state index is 0. The zero-order chi connectivity index (χ0) is 17.5. The molecule has 26 heavy (non-hydrogen) atoms. The van der Waals surface area contributed by atoms with Crippen molar-refractivity contribution in [3.8, 4) is 11.3 Å².